The number of nitrogens with zero attached hydrogens (tertiary/aromatic N) is 3. The molecule has 1 aromatic carbocycles. The summed E-state index contributed by atoms with van der Waals surface area (Å²) in [5.74, 6) is 0.959. The molecule has 98 valence electrons. The van der Waals surface area contributed by atoms with Gasteiger partial charge in [-0.05, 0) is 31.5 Å². The molecule has 0 spiro atoms. The zero-order valence-electron chi connectivity index (χ0n) is 11.2. The maximum atomic E-state index is 5.88. The van der Waals surface area contributed by atoms with Gasteiger partial charge in [-0.2, -0.15) is 0 Å². The van der Waals surface area contributed by atoms with E-state index in [1.54, 1.807) is 6.33 Å². The third-order valence-electron chi connectivity index (χ3n) is 3.25. The quantitative estimate of drug-likeness (QED) is 0.826. The molecule has 4 nitrogen and oxygen atoms in total. The van der Waals surface area contributed by atoms with E-state index in [1.807, 2.05) is 12.4 Å². The van der Waals surface area contributed by atoms with Gasteiger partial charge < -0.3 is 9.64 Å². The molecular formula is C15H17N3O. The standard InChI is InChI=1S/C15H17N3O/c1-11-3-4-15-14(5-11)18(8-12(2)19-15)9-13-6-16-10-17-7-13/h3-7,10,12H,8-9H2,1-2H3/t12-/m1/s1. The Morgan fingerprint density at radius 3 is 2.89 bits per heavy atom. The van der Waals surface area contributed by atoms with Crippen molar-refractivity contribution in [3.8, 4) is 5.75 Å². The molecule has 1 atom stereocenters. The summed E-state index contributed by atoms with van der Waals surface area (Å²) in [6, 6.07) is 6.31. The summed E-state index contributed by atoms with van der Waals surface area (Å²) in [6.07, 6.45) is 5.48. The van der Waals surface area contributed by atoms with Gasteiger partial charge in [0.25, 0.3) is 0 Å². The second-order valence-corrected chi connectivity index (χ2v) is 5.03. The second kappa shape index (κ2) is 4.88. The lowest BCUT2D eigenvalue weighted by molar-refractivity contribution is 0.212. The molecule has 3 rings (SSSR count). The van der Waals surface area contributed by atoms with Crippen LogP contribution in [0.4, 0.5) is 5.69 Å². The highest BCUT2D eigenvalue weighted by Gasteiger charge is 2.23. The topological polar surface area (TPSA) is 38.2 Å². The van der Waals surface area contributed by atoms with Gasteiger partial charge in [-0.3, -0.25) is 0 Å². The van der Waals surface area contributed by atoms with Crippen LogP contribution in [0.1, 0.15) is 18.1 Å². The molecule has 0 N–H and O–H groups in total. The molecular weight excluding hydrogens is 238 g/mol. The molecule has 0 unspecified atom stereocenters. The molecule has 1 aromatic heterocycles. The predicted molar refractivity (Wildman–Crippen MR) is 74.4 cm³/mol. The van der Waals surface area contributed by atoms with Gasteiger partial charge in [-0.15, -0.1) is 0 Å². The van der Waals surface area contributed by atoms with E-state index in [0.29, 0.717) is 0 Å². The summed E-state index contributed by atoms with van der Waals surface area (Å²) in [6.45, 7) is 5.88. The molecule has 0 saturated heterocycles. The van der Waals surface area contributed by atoms with Crippen molar-refractivity contribution < 1.29 is 4.74 Å². The Bertz CT molecular complexity index is 571. The summed E-state index contributed by atoms with van der Waals surface area (Å²) in [7, 11) is 0. The van der Waals surface area contributed by atoms with Crippen LogP contribution in [0, 0.1) is 6.92 Å². The Hall–Kier alpha value is -2.10. The van der Waals surface area contributed by atoms with E-state index >= 15 is 0 Å². The first-order valence-electron chi connectivity index (χ1n) is 6.48. The van der Waals surface area contributed by atoms with Crippen molar-refractivity contribution in [2.75, 3.05) is 11.4 Å². The smallest absolute Gasteiger partial charge is 0.143 e. The van der Waals surface area contributed by atoms with Gasteiger partial charge in [-0.1, -0.05) is 6.07 Å². The van der Waals surface area contributed by atoms with Gasteiger partial charge in [0.2, 0.25) is 0 Å². The summed E-state index contributed by atoms with van der Waals surface area (Å²) in [5, 5.41) is 0. The number of rotatable bonds is 2. The van der Waals surface area contributed by atoms with E-state index in [4.69, 9.17) is 4.74 Å². The Kier molecular flexibility index (Phi) is 3.07. The van der Waals surface area contributed by atoms with Crippen molar-refractivity contribution in [1.82, 2.24) is 9.97 Å². The minimum Gasteiger partial charge on any atom is -0.487 e. The van der Waals surface area contributed by atoms with E-state index in [1.165, 1.54) is 5.56 Å². The fourth-order valence-electron chi connectivity index (χ4n) is 2.42. The molecule has 0 saturated carbocycles. The van der Waals surface area contributed by atoms with E-state index in [9.17, 15) is 0 Å². The first kappa shape index (κ1) is 12.0. The highest BCUT2D eigenvalue weighted by Crippen LogP contribution is 2.34. The first-order valence-corrected chi connectivity index (χ1v) is 6.48. The summed E-state index contributed by atoms with van der Waals surface area (Å²) in [4.78, 5) is 10.5. The number of anilines is 1. The Morgan fingerprint density at radius 1 is 1.32 bits per heavy atom. The average molecular weight is 255 g/mol. The largest absolute Gasteiger partial charge is 0.487 e. The zero-order valence-corrected chi connectivity index (χ0v) is 11.2. The lowest BCUT2D eigenvalue weighted by Crippen LogP contribution is -2.38. The number of fused-ring (bicyclic) bond motifs is 1. The normalized spacial score (nSPS) is 17.8. The van der Waals surface area contributed by atoms with Gasteiger partial charge in [0, 0.05) is 24.5 Å². The molecule has 1 aliphatic heterocycles. The highest BCUT2D eigenvalue weighted by atomic mass is 16.5. The summed E-state index contributed by atoms with van der Waals surface area (Å²) >= 11 is 0. The van der Waals surface area contributed by atoms with E-state index in [0.717, 1.165) is 30.1 Å². The number of hydrogen-bond acceptors (Lipinski definition) is 4. The molecule has 0 aliphatic carbocycles. The van der Waals surface area contributed by atoms with Crippen LogP contribution < -0.4 is 9.64 Å². The van der Waals surface area contributed by atoms with Crippen molar-refractivity contribution in [2.24, 2.45) is 0 Å². The van der Waals surface area contributed by atoms with Gasteiger partial charge in [-0.25, -0.2) is 9.97 Å². The maximum Gasteiger partial charge on any atom is 0.143 e. The average Bonchev–Trinajstić information content (AvgIpc) is 2.41. The fourth-order valence-corrected chi connectivity index (χ4v) is 2.42. The summed E-state index contributed by atoms with van der Waals surface area (Å²) < 4.78 is 5.88. The maximum absolute atomic E-state index is 5.88. The van der Waals surface area contributed by atoms with Crippen LogP contribution in [0.25, 0.3) is 0 Å². The van der Waals surface area contributed by atoms with E-state index < -0.39 is 0 Å². The van der Waals surface area contributed by atoms with Gasteiger partial charge in [0.1, 0.15) is 18.2 Å². The van der Waals surface area contributed by atoms with Crippen LogP contribution in [0.5, 0.6) is 5.75 Å². The number of aryl methyl sites for hydroxylation is 1. The molecule has 2 aromatic rings. The first-order chi connectivity index (χ1) is 9.22. The Balaban J connectivity index is 1.92. The Labute approximate surface area is 113 Å². The number of ether oxygens (including phenoxy) is 1. The van der Waals surface area contributed by atoms with E-state index in [2.05, 4.69) is 46.9 Å². The molecule has 4 heteroatoms. The van der Waals surface area contributed by atoms with Crippen molar-refractivity contribution in [3.63, 3.8) is 0 Å². The van der Waals surface area contributed by atoms with Crippen molar-refractivity contribution in [2.45, 2.75) is 26.5 Å². The van der Waals surface area contributed by atoms with Crippen LogP contribution in [-0.2, 0) is 6.54 Å². The van der Waals surface area contributed by atoms with Crippen molar-refractivity contribution >= 4 is 5.69 Å². The minimum absolute atomic E-state index is 0.194. The van der Waals surface area contributed by atoms with Crippen LogP contribution in [-0.4, -0.2) is 22.6 Å². The molecule has 1 aliphatic rings. The number of aromatic nitrogens is 2. The molecule has 2 heterocycles. The fraction of sp³-hybridized carbons (Fsp3) is 0.333. The van der Waals surface area contributed by atoms with E-state index in [-0.39, 0.29) is 6.10 Å². The number of benzene rings is 1. The van der Waals surface area contributed by atoms with Crippen LogP contribution in [0.15, 0.2) is 36.9 Å². The van der Waals surface area contributed by atoms with Crippen molar-refractivity contribution in [3.05, 3.63) is 48.0 Å². The third kappa shape index (κ3) is 2.52. The predicted octanol–water partition coefficient (Wildman–Crippen LogP) is 2.57. The zero-order chi connectivity index (χ0) is 13.2. The third-order valence-corrected chi connectivity index (χ3v) is 3.25. The molecule has 19 heavy (non-hydrogen) atoms. The number of hydrogen-bond donors (Lipinski definition) is 0. The molecule has 0 radical (unpaired) electrons. The molecule has 0 fully saturated rings. The second-order valence-electron chi connectivity index (χ2n) is 5.03. The SMILES string of the molecule is Cc1ccc2c(c1)N(Cc1cncnc1)C[C@@H](C)O2. The van der Waals surface area contributed by atoms with Crippen LogP contribution in [0.2, 0.25) is 0 Å². The monoisotopic (exact) mass is 255 g/mol. The highest BCUT2D eigenvalue weighted by molar-refractivity contribution is 5.61. The lowest BCUT2D eigenvalue weighted by Gasteiger charge is -2.35. The molecule has 0 bridgehead atoms. The lowest BCUT2D eigenvalue weighted by atomic mass is 10.1. The summed E-state index contributed by atoms with van der Waals surface area (Å²) in [5.41, 5.74) is 3.51. The van der Waals surface area contributed by atoms with Gasteiger partial charge >= 0.3 is 0 Å². The Morgan fingerprint density at radius 2 is 2.11 bits per heavy atom. The van der Waals surface area contributed by atoms with Gasteiger partial charge in [0.05, 0.1) is 12.2 Å². The van der Waals surface area contributed by atoms with Crippen LogP contribution in [0.3, 0.4) is 0 Å². The molecule has 0 amide bonds. The van der Waals surface area contributed by atoms with Crippen LogP contribution >= 0.6 is 0 Å². The minimum atomic E-state index is 0.194. The van der Waals surface area contributed by atoms with Crippen molar-refractivity contribution in [1.29, 1.82) is 0 Å². The van der Waals surface area contributed by atoms with Gasteiger partial charge in [0.15, 0.2) is 0 Å².